The summed E-state index contributed by atoms with van der Waals surface area (Å²) >= 11 is 4.85. The Kier molecular flexibility index (Phi) is 5.17. The lowest BCUT2D eigenvalue weighted by atomic mass is 9.80. The van der Waals surface area contributed by atoms with Crippen LogP contribution in [0.5, 0.6) is 0 Å². The van der Waals surface area contributed by atoms with Gasteiger partial charge in [-0.2, -0.15) is 0 Å². The van der Waals surface area contributed by atoms with Crippen molar-refractivity contribution >= 4 is 39.1 Å². The highest BCUT2D eigenvalue weighted by atomic mass is 79.9. The molecule has 0 radical (unpaired) electrons. The number of hydrogen-bond donors (Lipinski definition) is 2. The molecular weight excluding hydrogens is 346 g/mol. The number of amides is 1. The number of hydrogen-bond acceptors (Lipinski definition) is 4. The predicted molar refractivity (Wildman–Crippen MR) is 78.9 cm³/mol. The van der Waals surface area contributed by atoms with Gasteiger partial charge in [-0.3, -0.25) is 9.59 Å². The predicted octanol–water partition coefficient (Wildman–Crippen LogP) is 2.05. The molecule has 5 nitrogen and oxygen atoms in total. The standard InChI is InChI=1S/C13H16BrNO4S/c14-10-2-1-9(20-10)7-11(16)15-8-13(12(17)18)3-5-19-6-4-13/h1-2H,3-8H2,(H,15,16)(H,17,18). The summed E-state index contributed by atoms with van der Waals surface area (Å²) < 4.78 is 6.18. The Hall–Kier alpha value is -0.920. The minimum atomic E-state index is -0.885. The van der Waals surface area contributed by atoms with E-state index < -0.39 is 11.4 Å². The van der Waals surface area contributed by atoms with Crippen LogP contribution >= 0.6 is 27.3 Å². The molecule has 1 aromatic heterocycles. The van der Waals surface area contributed by atoms with E-state index in [1.165, 1.54) is 11.3 Å². The Labute approximate surface area is 129 Å². The molecule has 20 heavy (non-hydrogen) atoms. The number of carbonyl (C=O) groups excluding carboxylic acids is 1. The summed E-state index contributed by atoms with van der Waals surface area (Å²) in [7, 11) is 0. The number of carboxylic acid groups (broad SMARTS) is 1. The van der Waals surface area contributed by atoms with E-state index in [0.717, 1.165) is 8.66 Å². The maximum absolute atomic E-state index is 11.9. The first-order valence-electron chi connectivity index (χ1n) is 6.34. The molecule has 1 aliphatic rings. The van der Waals surface area contributed by atoms with Crippen molar-refractivity contribution in [3.05, 3.63) is 20.8 Å². The number of rotatable bonds is 5. The van der Waals surface area contributed by atoms with Crippen LogP contribution in [-0.4, -0.2) is 36.7 Å². The van der Waals surface area contributed by atoms with E-state index in [1.54, 1.807) is 0 Å². The quantitative estimate of drug-likeness (QED) is 0.841. The molecule has 0 aromatic carbocycles. The van der Waals surface area contributed by atoms with Crippen molar-refractivity contribution in [3.63, 3.8) is 0 Å². The topological polar surface area (TPSA) is 75.6 Å². The van der Waals surface area contributed by atoms with Gasteiger partial charge in [0.15, 0.2) is 0 Å². The van der Waals surface area contributed by atoms with Crippen LogP contribution in [0.4, 0.5) is 0 Å². The van der Waals surface area contributed by atoms with Crippen LogP contribution in [0.1, 0.15) is 17.7 Å². The van der Waals surface area contributed by atoms with Crippen molar-refractivity contribution < 1.29 is 19.4 Å². The Balaban J connectivity index is 1.89. The second-order valence-corrected chi connectivity index (χ2v) is 7.40. The zero-order valence-electron chi connectivity index (χ0n) is 10.9. The van der Waals surface area contributed by atoms with Gasteiger partial charge in [0.25, 0.3) is 0 Å². The molecule has 1 aliphatic heterocycles. The molecule has 1 aromatic rings. The fourth-order valence-corrected chi connectivity index (χ4v) is 3.65. The second-order valence-electron chi connectivity index (χ2n) is 4.86. The zero-order chi connectivity index (χ0) is 14.6. The van der Waals surface area contributed by atoms with Crippen molar-refractivity contribution in [3.8, 4) is 0 Å². The summed E-state index contributed by atoms with van der Waals surface area (Å²) in [6.07, 6.45) is 1.16. The van der Waals surface area contributed by atoms with Gasteiger partial charge in [-0.1, -0.05) is 0 Å². The molecule has 1 saturated heterocycles. The number of halogens is 1. The van der Waals surface area contributed by atoms with Crippen LogP contribution < -0.4 is 5.32 Å². The van der Waals surface area contributed by atoms with Crippen LogP contribution in [0, 0.1) is 5.41 Å². The minimum Gasteiger partial charge on any atom is -0.481 e. The molecule has 0 atom stereocenters. The van der Waals surface area contributed by atoms with E-state index in [9.17, 15) is 14.7 Å². The van der Waals surface area contributed by atoms with E-state index in [1.807, 2.05) is 12.1 Å². The first-order chi connectivity index (χ1) is 9.52. The summed E-state index contributed by atoms with van der Waals surface area (Å²) in [6, 6.07) is 3.78. The molecular formula is C13H16BrNO4S. The largest absolute Gasteiger partial charge is 0.481 e. The molecule has 7 heteroatoms. The maximum atomic E-state index is 11.9. The molecule has 110 valence electrons. The van der Waals surface area contributed by atoms with E-state index in [0.29, 0.717) is 26.1 Å². The van der Waals surface area contributed by atoms with Gasteiger partial charge in [-0.15, -0.1) is 11.3 Å². The average molecular weight is 362 g/mol. The van der Waals surface area contributed by atoms with Gasteiger partial charge < -0.3 is 15.2 Å². The highest BCUT2D eigenvalue weighted by Crippen LogP contribution is 2.30. The molecule has 0 unspecified atom stereocenters. The molecule has 0 saturated carbocycles. The van der Waals surface area contributed by atoms with E-state index in [-0.39, 0.29) is 18.9 Å². The number of nitrogens with one attached hydrogen (secondary N) is 1. The summed E-state index contributed by atoms with van der Waals surface area (Å²) in [5, 5.41) is 12.1. The Morgan fingerprint density at radius 1 is 1.40 bits per heavy atom. The Morgan fingerprint density at radius 3 is 2.65 bits per heavy atom. The number of ether oxygens (including phenoxy) is 1. The summed E-state index contributed by atoms with van der Waals surface area (Å²) in [4.78, 5) is 24.3. The molecule has 2 rings (SSSR count). The van der Waals surface area contributed by atoms with Gasteiger partial charge in [0, 0.05) is 24.6 Å². The van der Waals surface area contributed by atoms with Crippen molar-refractivity contribution in [2.24, 2.45) is 5.41 Å². The molecule has 2 heterocycles. The average Bonchev–Trinajstić information content (AvgIpc) is 2.83. The molecule has 2 N–H and O–H groups in total. The minimum absolute atomic E-state index is 0.147. The van der Waals surface area contributed by atoms with Gasteiger partial charge in [-0.25, -0.2) is 0 Å². The third-order valence-electron chi connectivity index (χ3n) is 3.49. The third kappa shape index (κ3) is 3.80. The first kappa shape index (κ1) is 15.5. The van der Waals surface area contributed by atoms with Crippen molar-refractivity contribution in [1.82, 2.24) is 5.32 Å². The number of carboxylic acids is 1. The zero-order valence-corrected chi connectivity index (χ0v) is 13.3. The van der Waals surface area contributed by atoms with Crippen molar-refractivity contribution in [2.75, 3.05) is 19.8 Å². The lowest BCUT2D eigenvalue weighted by Gasteiger charge is -2.33. The van der Waals surface area contributed by atoms with Crippen LogP contribution in [0.25, 0.3) is 0 Å². The SMILES string of the molecule is O=C(Cc1ccc(Br)s1)NCC1(C(=O)O)CCOCC1. The van der Waals surface area contributed by atoms with Gasteiger partial charge in [-0.05, 0) is 40.9 Å². The number of thiophene rings is 1. The number of carbonyl (C=O) groups is 2. The Bertz CT molecular complexity index is 496. The summed E-state index contributed by atoms with van der Waals surface area (Å²) in [6.45, 7) is 1.02. The summed E-state index contributed by atoms with van der Waals surface area (Å²) in [5.41, 5.74) is -0.885. The van der Waals surface area contributed by atoms with Crippen LogP contribution in [0.15, 0.2) is 15.9 Å². The Morgan fingerprint density at radius 2 is 2.10 bits per heavy atom. The fourth-order valence-electron chi connectivity index (χ4n) is 2.16. The number of aliphatic carboxylic acids is 1. The summed E-state index contributed by atoms with van der Waals surface area (Å²) in [5.74, 6) is -1.01. The van der Waals surface area contributed by atoms with Gasteiger partial charge in [0.2, 0.25) is 5.91 Å². The monoisotopic (exact) mass is 361 g/mol. The first-order valence-corrected chi connectivity index (χ1v) is 7.95. The smallest absolute Gasteiger partial charge is 0.311 e. The second kappa shape index (κ2) is 6.69. The van der Waals surface area contributed by atoms with Crippen molar-refractivity contribution in [1.29, 1.82) is 0 Å². The van der Waals surface area contributed by atoms with Crippen molar-refractivity contribution in [2.45, 2.75) is 19.3 Å². The van der Waals surface area contributed by atoms with Crippen LogP contribution in [0.3, 0.4) is 0 Å². The highest BCUT2D eigenvalue weighted by molar-refractivity contribution is 9.11. The molecule has 0 bridgehead atoms. The highest BCUT2D eigenvalue weighted by Gasteiger charge is 2.40. The lowest BCUT2D eigenvalue weighted by Crippen LogP contribution is -2.46. The molecule has 1 amide bonds. The van der Waals surface area contributed by atoms with Crippen LogP contribution in [-0.2, 0) is 20.7 Å². The van der Waals surface area contributed by atoms with E-state index in [2.05, 4.69) is 21.2 Å². The van der Waals surface area contributed by atoms with E-state index in [4.69, 9.17) is 4.74 Å². The van der Waals surface area contributed by atoms with Gasteiger partial charge >= 0.3 is 5.97 Å². The van der Waals surface area contributed by atoms with Gasteiger partial charge in [0.1, 0.15) is 0 Å². The molecule has 0 spiro atoms. The van der Waals surface area contributed by atoms with E-state index >= 15 is 0 Å². The van der Waals surface area contributed by atoms with Gasteiger partial charge in [0.05, 0.1) is 15.6 Å². The normalized spacial score (nSPS) is 17.6. The molecule has 0 aliphatic carbocycles. The lowest BCUT2D eigenvalue weighted by molar-refractivity contribution is -0.154. The third-order valence-corrected chi connectivity index (χ3v) is 5.11. The fraction of sp³-hybridized carbons (Fsp3) is 0.538. The molecule has 1 fully saturated rings. The maximum Gasteiger partial charge on any atom is 0.311 e. The van der Waals surface area contributed by atoms with Crippen LogP contribution in [0.2, 0.25) is 0 Å².